The van der Waals surface area contributed by atoms with Gasteiger partial charge in [-0.2, -0.15) is 0 Å². The molecule has 2 rings (SSSR count). The average molecular weight is 412 g/mol. The van der Waals surface area contributed by atoms with Gasteiger partial charge >= 0.3 is 0 Å². The molecule has 0 unspecified atom stereocenters. The number of carbonyl (C=O) groups excluding carboxylic acids is 2. The van der Waals surface area contributed by atoms with Crippen LogP contribution in [0.2, 0.25) is 5.02 Å². The molecule has 10 heteroatoms. The molecule has 0 saturated carbocycles. The van der Waals surface area contributed by atoms with Gasteiger partial charge in [-0.05, 0) is 55.0 Å². The predicted molar refractivity (Wildman–Crippen MR) is 101 cm³/mol. The SMILES string of the molecule is CC(=O)Nc1ccc(S(=O)(=O)NNC(=O)COc2ccc(Cl)cc2C)cc1. The standard InChI is InChI=1S/C17H18ClN3O5S/c1-11-9-13(18)3-8-16(11)26-10-17(23)20-21-27(24,25)15-6-4-14(5-7-15)19-12(2)22/h3-9,21H,10H2,1-2H3,(H,19,22)(H,20,23). The van der Waals surface area contributed by atoms with E-state index >= 15 is 0 Å². The van der Waals surface area contributed by atoms with Crippen LogP contribution in [0, 0.1) is 6.92 Å². The number of sulfonamides is 1. The van der Waals surface area contributed by atoms with E-state index in [0.29, 0.717) is 16.5 Å². The Labute approximate surface area is 161 Å². The van der Waals surface area contributed by atoms with Crippen LogP contribution >= 0.6 is 11.6 Å². The highest BCUT2D eigenvalue weighted by Crippen LogP contribution is 2.21. The summed E-state index contributed by atoms with van der Waals surface area (Å²) < 4.78 is 29.7. The van der Waals surface area contributed by atoms with Gasteiger partial charge in [-0.3, -0.25) is 15.0 Å². The zero-order valence-corrected chi connectivity index (χ0v) is 16.1. The third-order valence-electron chi connectivity index (χ3n) is 3.31. The third kappa shape index (κ3) is 6.24. The van der Waals surface area contributed by atoms with Gasteiger partial charge in [0, 0.05) is 17.6 Å². The van der Waals surface area contributed by atoms with E-state index in [-0.39, 0.29) is 17.4 Å². The highest BCUT2D eigenvalue weighted by molar-refractivity contribution is 7.89. The molecular weight excluding hydrogens is 394 g/mol. The lowest BCUT2D eigenvalue weighted by Gasteiger charge is -2.11. The maximum Gasteiger partial charge on any atom is 0.272 e. The Balaban J connectivity index is 1.90. The molecule has 8 nitrogen and oxygen atoms in total. The molecular formula is C17H18ClN3O5S. The molecule has 0 heterocycles. The highest BCUT2D eigenvalue weighted by atomic mass is 35.5. The first-order valence-electron chi connectivity index (χ1n) is 7.74. The largest absolute Gasteiger partial charge is 0.483 e. The highest BCUT2D eigenvalue weighted by Gasteiger charge is 2.15. The minimum Gasteiger partial charge on any atom is -0.483 e. The van der Waals surface area contributed by atoms with Gasteiger partial charge in [0.05, 0.1) is 4.90 Å². The molecule has 0 aliphatic carbocycles. The number of anilines is 1. The van der Waals surface area contributed by atoms with Crippen molar-refractivity contribution in [1.29, 1.82) is 0 Å². The van der Waals surface area contributed by atoms with E-state index in [1.807, 2.05) is 4.83 Å². The molecule has 27 heavy (non-hydrogen) atoms. The smallest absolute Gasteiger partial charge is 0.272 e. The molecule has 0 spiro atoms. The van der Waals surface area contributed by atoms with Gasteiger partial charge in [-0.25, -0.2) is 8.42 Å². The summed E-state index contributed by atoms with van der Waals surface area (Å²) in [6, 6.07) is 10.4. The van der Waals surface area contributed by atoms with E-state index in [1.165, 1.54) is 31.2 Å². The van der Waals surface area contributed by atoms with E-state index in [4.69, 9.17) is 16.3 Å². The number of amides is 2. The number of aryl methyl sites for hydroxylation is 1. The fourth-order valence-electron chi connectivity index (χ4n) is 2.06. The van der Waals surface area contributed by atoms with Crippen LogP contribution < -0.4 is 20.3 Å². The zero-order valence-electron chi connectivity index (χ0n) is 14.6. The first-order chi connectivity index (χ1) is 12.7. The van der Waals surface area contributed by atoms with Crippen molar-refractivity contribution in [3.05, 3.63) is 53.1 Å². The summed E-state index contributed by atoms with van der Waals surface area (Å²) in [4.78, 5) is 24.7. The first kappa shape index (κ1) is 20.7. The number of nitrogens with one attached hydrogen (secondary N) is 3. The molecule has 0 aliphatic heterocycles. The molecule has 0 aromatic heterocycles. The van der Waals surface area contributed by atoms with Crippen molar-refractivity contribution in [3.8, 4) is 5.75 Å². The number of ether oxygens (including phenoxy) is 1. The van der Waals surface area contributed by atoms with Gasteiger partial charge in [0.25, 0.3) is 15.9 Å². The second-order valence-electron chi connectivity index (χ2n) is 5.56. The minimum atomic E-state index is -3.96. The van der Waals surface area contributed by atoms with Crippen molar-refractivity contribution in [2.45, 2.75) is 18.7 Å². The second kappa shape index (κ2) is 8.85. The van der Waals surface area contributed by atoms with Crippen molar-refractivity contribution in [2.24, 2.45) is 0 Å². The third-order valence-corrected chi connectivity index (χ3v) is 4.80. The van der Waals surface area contributed by atoms with E-state index in [9.17, 15) is 18.0 Å². The van der Waals surface area contributed by atoms with Crippen molar-refractivity contribution in [3.63, 3.8) is 0 Å². The van der Waals surface area contributed by atoms with Gasteiger partial charge in [0.15, 0.2) is 6.61 Å². The van der Waals surface area contributed by atoms with Gasteiger partial charge in [0.2, 0.25) is 5.91 Å². The molecule has 0 radical (unpaired) electrons. The summed E-state index contributed by atoms with van der Waals surface area (Å²) in [6.45, 7) is 2.73. The predicted octanol–water partition coefficient (Wildman–Crippen LogP) is 2.00. The molecule has 2 amide bonds. The van der Waals surface area contributed by atoms with Crippen LogP contribution in [0.25, 0.3) is 0 Å². The molecule has 0 saturated heterocycles. The number of carbonyl (C=O) groups is 2. The van der Waals surface area contributed by atoms with Crippen LogP contribution in [0.5, 0.6) is 5.75 Å². The number of hydrazine groups is 1. The summed E-state index contributed by atoms with van der Waals surface area (Å²) in [7, 11) is -3.96. The van der Waals surface area contributed by atoms with Gasteiger partial charge in [0.1, 0.15) is 5.75 Å². The van der Waals surface area contributed by atoms with Gasteiger partial charge in [-0.15, -0.1) is 4.83 Å². The van der Waals surface area contributed by atoms with E-state index in [0.717, 1.165) is 5.56 Å². The Morgan fingerprint density at radius 1 is 1.11 bits per heavy atom. The number of rotatable bonds is 7. The Morgan fingerprint density at radius 2 is 1.78 bits per heavy atom. The van der Waals surface area contributed by atoms with Crippen molar-refractivity contribution in [2.75, 3.05) is 11.9 Å². The summed E-state index contributed by atoms with van der Waals surface area (Å²) in [5.41, 5.74) is 3.27. The van der Waals surface area contributed by atoms with E-state index in [1.54, 1.807) is 25.1 Å². The quantitative estimate of drug-likeness (QED) is 0.603. The van der Waals surface area contributed by atoms with Crippen molar-refractivity contribution >= 4 is 39.1 Å². The lowest BCUT2D eigenvalue weighted by Crippen LogP contribution is -2.43. The minimum absolute atomic E-state index is 0.0774. The second-order valence-corrected chi connectivity index (χ2v) is 7.68. The molecule has 0 fully saturated rings. The summed E-state index contributed by atoms with van der Waals surface area (Å²) in [5, 5.41) is 3.07. The number of benzene rings is 2. The van der Waals surface area contributed by atoms with Crippen molar-refractivity contribution < 1.29 is 22.7 Å². The van der Waals surface area contributed by atoms with Gasteiger partial charge in [-0.1, -0.05) is 11.6 Å². The van der Waals surface area contributed by atoms with Crippen LogP contribution in [-0.2, 0) is 19.6 Å². The molecule has 0 atom stereocenters. The first-order valence-corrected chi connectivity index (χ1v) is 9.61. The lowest BCUT2D eigenvalue weighted by atomic mass is 10.2. The van der Waals surface area contributed by atoms with E-state index < -0.39 is 15.9 Å². The van der Waals surface area contributed by atoms with E-state index in [2.05, 4.69) is 10.7 Å². The summed E-state index contributed by atoms with van der Waals surface area (Å²) in [6.07, 6.45) is 0. The lowest BCUT2D eigenvalue weighted by molar-refractivity contribution is -0.123. The maximum absolute atomic E-state index is 12.2. The topological polar surface area (TPSA) is 114 Å². The van der Waals surface area contributed by atoms with Crippen molar-refractivity contribution in [1.82, 2.24) is 10.3 Å². The Bertz CT molecular complexity index is 946. The maximum atomic E-state index is 12.2. The van der Waals surface area contributed by atoms with Crippen LogP contribution in [0.4, 0.5) is 5.69 Å². The Hall–Kier alpha value is -2.62. The number of hydrogen-bond donors (Lipinski definition) is 3. The average Bonchev–Trinajstić information content (AvgIpc) is 2.59. The van der Waals surface area contributed by atoms with Crippen LogP contribution in [0.3, 0.4) is 0 Å². The summed E-state index contributed by atoms with van der Waals surface area (Å²) in [5.74, 6) is -0.485. The normalized spacial score (nSPS) is 10.9. The van der Waals surface area contributed by atoms with Gasteiger partial charge < -0.3 is 10.1 Å². The van der Waals surface area contributed by atoms with Crippen LogP contribution in [0.1, 0.15) is 12.5 Å². The monoisotopic (exact) mass is 411 g/mol. The fraction of sp³-hybridized carbons (Fsp3) is 0.176. The molecule has 0 aliphatic rings. The molecule has 144 valence electrons. The van der Waals surface area contributed by atoms with Crippen LogP contribution in [0.15, 0.2) is 47.4 Å². The zero-order chi connectivity index (χ0) is 20.0. The Morgan fingerprint density at radius 3 is 2.37 bits per heavy atom. The molecule has 2 aromatic rings. The molecule has 3 N–H and O–H groups in total. The van der Waals surface area contributed by atoms with Crippen LogP contribution in [-0.4, -0.2) is 26.8 Å². The number of halogens is 1. The Kier molecular flexibility index (Phi) is 6.78. The number of hydrogen-bond acceptors (Lipinski definition) is 5. The molecule has 0 bridgehead atoms. The summed E-state index contributed by atoms with van der Waals surface area (Å²) >= 11 is 5.84. The fourth-order valence-corrected chi connectivity index (χ4v) is 3.14. The molecule has 2 aromatic carbocycles.